The zero-order valence-corrected chi connectivity index (χ0v) is 15.6. The van der Waals surface area contributed by atoms with Gasteiger partial charge in [0.15, 0.2) is 0 Å². The SMILES string of the molecule is CCNC(=O)c1ccc(NC(=O)c2ccc(OCc3ccccc3)cc2)cc1. The van der Waals surface area contributed by atoms with E-state index in [0.29, 0.717) is 35.7 Å². The number of hydrogen-bond acceptors (Lipinski definition) is 3. The molecule has 5 nitrogen and oxygen atoms in total. The summed E-state index contributed by atoms with van der Waals surface area (Å²) in [5, 5.41) is 5.56. The van der Waals surface area contributed by atoms with Crippen LogP contribution in [-0.2, 0) is 6.61 Å². The number of benzene rings is 3. The number of carbonyl (C=O) groups excluding carboxylic acids is 2. The van der Waals surface area contributed by atoms with Gasteiger partial charge in [0.25, 0.3) is 11.8 Å². The van der Waals surface area contributed by atoms with Crippen LogP contribution in [0.3, 0.4) is 0 Å². The summed E-state index contributed by atoms with van der Waals surface area (Å²) >= 11 is 0. The van der Waals surface area contributed by atoms with Gasteiger partial charge in [0, 0.05) is 23.4 Å². The van der Waals surface area contributed by atoms with Gasteiger partial charge in [-0.15, -0.1) is 0 Å². The van der Waals surface area contributed by atoms with E-state index in [1.165, 1.54) is 0 Å². The molecular formula is C23H22N2O3. The van der Waals surface area contributed by atoms with Crippen molar-refractivity contribution in [2.75, 3.05) is 11.9 Å². The summed E-state index contributed by atoms with van der Waals surface area (Å²) in [5.41, 5.74) is 2.79. The lowest BCUT2D eigenvalue weighted by atomic mass is 10.1. The Morgan fingerprint density at radius 1 is 0.786 bits per heavy atom. The molecule has 2 N–H and O–H groups in total. The molecule has 2 amide bonds. The molecule has 0 atom stereocenters. The predicted molar refractivity (Wildman–Crippen MR) is 110 cm³/mol. The van der Waals surface area contributed by atoms with E-state index in [-0.39, 0.29) is 11.8 Å². The average Bonchev–Trinajstić information content (AvgIpc) is 2.74. The molecule has 5 heteroatoms. The first-order chi connectivity index (χ1) is 13.7. The molecule has 0 radical (unpaired) electrons. The summed E-state index contributed by atoms with van der Waals surface area (Å²) in [6, 6.07) is 23.7. The highest BCUT2D eigenvalue weighted by atomic mass is 16.5. The lowest BCUT2D eigenvalue weighted by Gasteiger charge is -2.09. The average molecular weight is 374 g/mol. The summed E-state index contributed by atoms with van der Waals surface area (Å²) in [4.78, 5) is 24.2. The first kappa shape index (κ1) is 19.2. The fraction of sp³-hybridized carbons (Fsp3) is 0.130. The molecule has 3 aromatic rings. The molecule has 3 aromatic carbocycles. The van der Waals surface area contributed by atoms with Gasteiger partial charge in [-0.3, -0.25) is 9.59 Å². The number of hydrogen-bond donors (Lipinski definition) is 2. The first-order valence-electron chi connectivity index (χ1n) is 9.12. The number of rotatable bonds is 7. The van der Waals surface area contributed by atoms with Crippen LogP contribution in [0.5, 0.6) is 5.75 Å². The van der Waals surface area contributed by atoms with E-state index in [1.807, 2.05) is 37.3 Å². The van der Waals surface area contributed by atoms with E-state index in [0.717, 1.165) is 5.56 Å². The van der Waals surface area contributed by atoms with E-state index >= 15 is 0 Å². The van der Waals surface area contributed by atoms with Gasteiger partial charge >= 0.3 is 0 Å². The molecule has 28 heavy (non-hydrogen) atoms. The Morgan fingerprint density at radius 3 is 2.04 bits per heavy atom. The lowest BCUT2D eigenvalue weighted by Crippen LogP contribution is -2.22. The summed E-state index contributed by atoms with van der Waals surface area (Å²) in [5.74, 6) is 0.346. The van der Waals surface area contributed by atoms with Crippen molar-refractivity contribution < 1.29 is 14.3 Å². The van der Waals surface area contributed by atoms with Crippen molar-refractivity contribution in [3.05, 3.63) is 95.6 Å². The van der Waals surface area contributed by atoms with Crippen LogP contribution in [0.25, 0.3) is 0 Å². The molecule has 0 saturated carbocycles. The third-order valence-corrected chi connectivity index (χ3v) is 4.11. The Bertz CT molecular complexity index is 920. The fourth-order valence-corrected chi connectivity index (χ4v) is 2.61. The second kappa shape index (κ2) is 9.37. The van der Waals surface area contributed by atoms with Crippen molar-refractivity contribution in [2.24, 2.45) is 0 Å². The van der Waals surface area contributed by atoms with Crippen LogP contribution in [0.2, 0.25) is 0 Å². The third-order valence-electron chi connectivity index (χ3n) is 4.11. The minimum absolute atomic E-state index is 0.133. The molecule has 0 saturated heterocycles. The third kappa shape index (κ3) is 5.20. The maximum atomic E-state index is 12.4. The number of ether oxygens (including phenoxy) is 1. The Labute approximate surface area is 164 Å². The molecule has 0 aliphatic heterocycles. The molecule has 0 bridgehead atoms. The molecule has 0 unspecified atom stereocenters. The van der Waals surface area contributed by atoms with Crippen molar-refractivity contribution in [3.63, 3.8) is 0 Å². The van der Waals surface area contributed by atoms with Crippen LogP contribution in [0.1, 0.15) is 33.2 Å². The van der Waals surface area contributed by atoms with Gasteiger partial charge in [-0.2, -0.15) is 0 Å². The molecule has 142 valence electrons. The van der Waals surface area contributed by atoms with Gasteiger partial charge in [0.1, 0.15) is 12.4 Å². The molecule has 0 fully saturated rings. The van der Waals surface area contributed by atoms with Gasteiger partial charge < -0.3 is 15.4 Å². The normalized spacial score (nSPS) is 10.2. The van der Waals surface area contributed by atoms with E-state index < -0.39 is 0 Å². The minimum Gasteiger partial charge on any atom is -0.489 e. The molecule has 3 rings (SSSR count). The van der Waals surface area contributed by atoms with Gasteiger partial charge in [-0.1, -0.05) is 30.3 Å². The number of anilines is 1. The van der Waals surface area contributed by atoms with Crippen LogP contribution >= 0.6 is 0 Å². The Hall–Kier alpha value is -3.60. The highest BCUT2D eigenvalue weighted by Crippen LogP contribution is 2.16. The summed E-state index contributed by atoms with van der Waals surface area (Å²) in [7, 11) is 0. The van der Waals surface area contributed by atoms with E-state index in [1.54, 1.807) is 48.5 Å². The molecular weight excluding hydrogens is 352 g/mol. The quantitative estimate of drug-likeness (QED) is 0.649. The molecule has 0 spiro atoms. The van der Waals surface area contributed by atoms with Gasteiger partial charge in [-0.05, 0) is 61.0 Å². The van der Waals surface area contributed by atoms with Crippen molar-refractivity contribution in [1.29, 1.82) is 0 Å². The maximum absolute atomic E-state index is 12.4. The zero-order valence-electron chi connectivity index (χ0n) is 15.6. The Kier molecular flexibility index (Phi) is 6.41. The van der Waals surface area contributed by atoms with Crippen LogP contribution in [0.15, 0.2) is 78.9 Å². The molecule has 0 aromatic heterocycles. The fourth-order valence-electron chi connectivity index (χ4n) is 2.61. The summed E-state index contributed by atoms with van der Waals surface area (Å²) < 4.78 is 5.73. The van der Waals surface area contributed by atoms with Crippen molar-refractivity contribution >= 4 is 17.5 Å². The number of amides is 2. The molecule has 0 heterocycles. The topological polar surface area (TPSA) is 67.4 Å². The van der Waals surface area contributed by atoms with Gasteiger partial charge in [0.05, 0.1) is 0 Å². The smallest absolute Gasteiger partial charge is 0.255 e. The highest BCUT2D eigenvalue weighted by molar-refractivity contribution is 6.04. The van der Waals surface area contributed by atoms with Crippen molar-refractivity contribution in [3.8, 4) is 5.75 Å². The largest absolute Gasteiger partial charge is 0.489 e. The zero-order chi connectivity index (χ0) is 19.8. The van der Waals surface area contributed by atoms with E-state index in [4.69, 9.17) is 4.74 Å². The van der Waals surface area contributed by atoms with E-state index in [9.17, 15) is 9.59 Å². The second-order valence-electron chi connectivity index (χ2n) is 6.19. The van der Waals surface area contributed by atoms with E-state index in [2.05, 4.69) is 10.6 Å². The summed E-state index contributed by atoms with van der Waals surface area (Å²) in [6.07, 6.45) is 0. The van der Waals surface area contributed by atoms with Crippen LogP contribution < -0.4 is 15.4 Å². The minimum atomic E-state index is -0.222. The molecule has 0 aliphatic rings. The van der Waals surface area contributed by atoms with Gasteiger partial charge in [-0.25, -0.2) is 0 Å². The van der Waals surface area contributed by atoms with Crippen molar-refractivity contribution in [2.45, 2.75) is 13.5 Å². The molecule has 0 aliphatic carbocycles. The van der Waals surface area contributed by atoms with Crippen LogP contribution in [0.4, 0.5) is 5.69 Å². The predicted octanol–water partition coefficient (Wildman–Crippen LogP) is 4.27. The Morgan fingerprint density at radius 2 is 1.39 bits per heavy atom. The second-order valence-corrected chi connectivity index (χ2v) is 6.19. The standard InChI is InChI=1S/C23H22N2O3/c1-2-24-22(26)18-8-12-20(13-9-18)25-23(27)19-10-14-21(15-11-19)28-16-17-6-4-3-5-7-17/h3-15H,2,16H2,1H3,(H,24,26)(H,25,27). The summed E-state index contributed by atoms with van der Waals surface area (Å²) in [6.45, 7) is 2.91. The number of carbonyl (C=O) groups is 2. The van der Waals surface area contributed by atoms with Crippen LogP contribution in [-0.4, -0.2) is 18.4 Å². The Balaban J connectivity index is 1.56. The first-order valence-corrected chi connectivity index (χ1v) is 9.12. The van der Waals surface area contributed by atoms with Crippen LogP contribution in [0, 0.1) is 0 Å². The van der Waals surface area contributed by atoms with Crippen molar-refractivity contribution in [1.82, 2.24) is 5.32 Å². The monoisotopic (exact) mass is 374 g/mol. The van der Waals surface area contributed by atoms with Gasteiger partial charge in [0.2, 0.25) is 0 Å². The lowest BCUT2D eigenvalue weighted by molar-refractivity contribution is 0.0955. The maximum Gasteiger partial charge on any atom is 0.255 e. The number of nitrogens with one attached hydrogen (secondary N) is 2. The highest BCUT2D eigenvalue weighted by Gasteiger charge is 2.08.